The zero-order chi connectivity index (χ0) is 12.0. The molecule has 0 spiro atoms. The monoisotopic (exact) mass is 258 g/mol. The van der Waals surface area contributed by atoms with Gasteiger partial charge in [0.25, 0.3) is 0 Å². The van der Waals surface area contributed by atoms with Gasteiger partial charge in [0.2, 0.25) is 0 Å². The summed E-state index contributed by atoms with van der Waals surface area (Å²) in [6.07, 6.45) is 2.48. The summed E-state index contributed by atoms with van der Waals surface area (Å²) in [4.78, 5) is 24.1. The van der Waals surface area contributed by atoms with Crippen LogP contribution in [-0.2, 0) is 4.74 Å². The number of thioether (sulfide) groups is 1. The van der Waals surface area contributed by atoms with E-state index in [-0.39, 0.29) is 11.8 Å². The molecule has 0 atom stereocenters. The molecule has 0 N–H and O–H groups in total. The number of rotatable bonds is 6. The highest BCUT2D eigenvalue weighted by atomic mass is 32.2. The maximum Gasteiger partial charge on any atom is 0.348 e. The minimum absolute atomic E-state index is 0.0925. The van der Waals surface area contributed by atoms with E-state index >= 15 is 0 Å². The predicted octanol–water partition coefficient (Wildman–Crippen LogP) is 2.86. The first-order valence-electron chi connectivity index (χ1n) is 4.98. The number of carbonyl (C=O) groups excluding carboxylic acids is 2. The molecule has 88 valence electrons. The van der Waals surface area contributed by atoms with E-state index in [0.717, 1.165) is 5.75 Å². The van der Waals surface area contributed by atoms with E-state index in [2.05, 4.69) is 0 Å². The average molecular weight is 258 g/mol. The van der Waals surface area contributed by atoms with Gasteiger partial charge in [0, 0.05) is 12.2 Å². The molecule has 5 heteroatoms. The summed E-state index contributed by atoms with van der Waals surface area (Å²) in [5.41, 5.74) is 0. The van der Waals surface area contributed by atoms with Gasteiger partial charge in [-0.15, -0.1) is 11.3 Å². The molecule has 1 aromatic rings. The third-order valence-corrected chi connectivity index (χ3v) is 3.61. The third kappa shape index (κ3) is 3.64. The van der Waals surface area contributed by atoms with E-state index in [1.807, 2.05) is 6.26 Å². The first-order chi connectivity index (χ1) is 7.69. The summed E-state index contributed by atoms with van der Waals surface area (Å²) < 4.78 is 4.86. The molecule has 0 saturated heterocycles. The number of hydrogen-bond donors (Lipinski definition) is 0. The molecule has 3 nitrogen and oxygen atoms in total. The van der Waals surface area contributed by atoms with Gasteiger partial charge in [0.15, 0.2) is 5.78 Å². The Hall–Kier alpha value is -0.810. The summed E-state index contributed by atoms with van der Waals surface area (Å²) in [7, 11) is 0. The van der Waals surface area contributed by atoms with Crippen molar-refractivity contribution in [3.8, 4) is 0 Å². The molecule has 16 heavy (non-hydrogen) atoms. The standard InChI is InChI=1S/C11H14O3S2/c1-3-14-11(13)10-5-4-9(16-10)8(12)6-7-15-2/h4-5H,3,6-7H2,1-2H3. The average Bonchev–Trinajstić information content (AvgIpc) is 2.75. The van der Waals surface area contributed by atoms with Crippen molar-refractivity contribution >= 4 is 34.9 Å². The molecule has 1 aromatic heterocycles. The van der Waals surface area contributed by atoms with Gasteiger partial charge in [-0.05, 0) is 25.3 Å². The lowest BCUT2D eigenvalue weighted by atomic mass is 10.2. The minimum Gasteiger partial charge on any atom is -0.462 e. The molecule has 0 fully saturated rings. The van der Waals surface area contributed by atoms with E-state index in [9.17, 15) is 9.59 Å². The van der Waals surface area contributed by atoms with Gasteiger partial charge in [-0.1, -0.05) is 0 Å². The van der Waals surface area contributed by atoms with Gasteiger partial charge in [-0.2, -0.15) is 11.8 Å². The van der Waals surface area contributed by atoms with Crippen molar-refractivity contribution < 1.29 is 14.3 Å². The van der Waals surface area contributed by atoms with Gasteiger partial charge in [0.05, 0.1) is 11.5 Å². The zero-order valence-electron chi connectivity index (χ0n) is 9.32. The largest absolute Gasteiger partial charge is 0.462 e. The molecule has 0 amide bonds. The molecule has 0 radical (unpaired) electrons. The Kier molecular flexibility index (Phi) is 5.55. The van der Waals surface area contributed by atoms with Crippen LogP contribution in [0.4, 0.5) is 0 Å². The van der Waals surface area contributed by atoms with Crippen LogP contribution in [0.15, 0.2) is 12.1 Å². The smallest absolute Gasteiger partial charge is 0.348 e. The molecule has 1 heterocycles. The predicted molar refractivity (Wildman–Crippen MR) is 67.6 cm³/mol. The number of hydrogen-bond acceptors (Lipinski definition) is 5. The lowest BCUT2D eigenvalue weighted by molar-refractivity contribution is 0.0532. The fraction of sp³-hybridized carbons (Fsp3) is 0.455. The molecule has 0 aliphatic carbocycles. The van der Waals surface area contributed by atoms with Crippen LogP contribution in [0.1, 0.15) is 32.7 Å². The van der Waals surface area contributed by atoms with Crippen molar-refractivity contribution in [3.05, 3.63) is 21.9 Å². The van der Waals surface area contributed by atoms with Crippen molar-refractivity contribution in [2.24, 2.45) is 0 Å². The fourth-order valence-electron chi connectivity index (χ4n) is 1.12. The van der Waals surface area contributed by atoms with E-state index in [1.54, 1.807) is 30.8 Å². The number of thiophene rings is 1. The quantitative estimate of drug-likeness (QED) is 0.581. The SMILES string of the molecule is CCOC(=O)c1ccc(C(=O)CCSC)s1. The zero-order valence-corrected chi connectivity index (χ0v) is 11.0. The molecule has 0 aromatic carbocycles. The van der Waals surface area contributed by atoms with E-state index < -0.39 is 0 Å². The van der Waals surface area contributed by atoms with Gasteiger partial charge in [0.1, 0.15) is 4.88 Å². The van der Waals surface area contributed by atoms with Crippen molar-refractivity contribution in [2.75, 3.05) is 18.6 Å². The molecular weight excluding hydrogens is 244 g/mol. The molecule has 0 bridgehead atoms. The van der Waals surface area contributed by atoms with Crippen LogP contribution < -0.4 is 0 Å². The normalized spacial score (nSPS) is 10.1. The molecule has 0 saturated carbocycles. The lowest BCUT2D eigenvalue weighted by Crippen LogP contribution is -2.01. The van der Waals surface area contributed by atoms with E-state index in [0.29, 0.717) is 22.8 Å². The Balaban J connectivity index is 2.63. The fourth-order valence-corrected chi connectivity index (χ4v) is 2.37. The molecule has 0 aliphatic rings. The van der Waals surface area contributed by atoms with Crippen LogP contribution >= 0.6 is 23.1 Å². The molecular formula is C11H14O3S2. The van der Waals surface area contributed by atoms with Crippen molar-refractivity contribution in [1.29, 1.82) is 0 Å². The molecule has 0 aliphatic heterocycles. The lowest BCUT2D eigenvalue weighted by Gasteiger charge is -1.97. The first-order valence-corrected chi connectivity index (χ1v) is 7.19. The van der Waals surface area contributed by atoms with Crippen molar-refractivity contribution in [2.45, 2.75) is 13.3 Å². The number of esters is 1. The second-order valence-electron chi connectivity index (χ2n) is 3.05. The highest BCUT2D eigenvalue weighted by molar-refractivity contribution is 7.98. The Morgan fingerprint density at radius 3 is 2.69 bits per heavy atom. The number of ketones is 1. The van der Waals surface area contributed by atoms with E-state index in [1.165, 1.54) is 11.3 Å². The Bertz CT molecular complexity index is 371. The van der Waals surface area contributed by atoms with Crippen LogP contribution in [0, 0.1) is 0 Å². The molecule has 0 unspecified atom stereocenters. The number of Topliss-reactive ketones (excluding diaryl/α,β-unsaturated/α-hetero) is 1. The highest BCUT2D eigenvalue weighted by Crippen LogP contribution is 2.19. The van der Waals surface area contributed by atoms with Crippen LogP contribution in [0.3, 0.4) is 0 Å². The minimum atomic E-state index is -0.351. The van der Waals surface area contributed by atoms with Crippen LogP contribution in [-0.4, -0.2) is 30.4 Å². The summed E-state index contributed by atoms with van der Waals surface area (Å²) in [5, 5.41) is 0. The van der Waals surface area contributed by atoms with Crippen LogP contribution in [0.2, 0.25) is 0 Å². The van der Waals surface area contributed by atoms with Gasteiger partial charge in [-0.3, -0.25) is 4.79 Å². The Morgan fingerprint density at radius 1 is 1.38 bits per heavy atom. The van der Waals surface area contributed by atoms with Crippen molar-refractivity contribution in [3.63, 3.8) is 0 Å². The number of carbonyl (C=O) groups is 2. The van der Waals surface area contributed by atoms with E-state index in [4.69, 9.17) is 4.74 Å². The number of ether oxygens (including phenoxy) is 1. The van der Waals surface area contributed by atoms with Crippen LogP contribution in [0.25, 0.3) is 0 Å². The van der Waals surface area contributed by atoms with Crippen molar-refractivity contribution in [1.82, 2.24) is 0 Å². The first kappa shape index (κ1) is 13.3. The summed E-state index contributed by atoms with van der Waals surface area (Å²) in [5.74, 6) is 0.553. The third-order valence-electron chi connectivity index (χ3n) is 1.89. The summed E-state index contributed by atoms with van der Waals surface area (Å²) >= 11 is 2.84. The van der Waals surface area contributed by atoms with Crippen LogP contribution in [0.5, 0.6) is 0 Å². The maximum absolute atomic E-state index is 11.6. The van der Waals surface area contributed by atoms with Gasteiger partial charge >= 0.3 is 5.97 Å². The highest BCUT2D eigenvalue weighted by Gasteiger charge is 2.13. The summed E-state index contributed by atoms with van der Waals surface area (Å²) in [6.45, 7) is 2.11. The second-order valence-corrected chi connectivity index (χ2v) is 5.12. The summed E-state index contributed by atoms with van der Waals surface area (Å²) in [6, 6.07) is 3.34. The Labute approximate surface area is 103 Å². The Morgan fingerprint density at radius 2 is 2.06 bits per heavy atom. The topological polar surface area (TPSA) is 43.4 Å². The van der Waals surface area contributed by atoms with Gasteiger partial charge < -0.3 is 4.74 Å². The maximum atomic E-state index is 11.6. The second kappa shape index (κ2) is 6.70. The molecule has 1 rings (SSSR count). The van der Waals surface area contributed by atoms with Gasteiger partial charge in [-0.25, -0.2) is 4.79 Å².